The van der Waals surface area contributed by atoms with Gasteiger partial charge in [-0.25, -0.2) is 4.39 Å². The second-order valence-electron chi connectivity index (χ2n) is 3.37. The summed E-state index contributed by atoms with van der Waals surface area (Å²) in [6.45, 7) is 2.88. The normalized spacial score (nSPS) is 12.8. The van der Waals surface area contributed by atoms with Crippen LogP contribution in [0.1, 0.15) is 12.5 Å². The fraction of sp³-hybridized carbons (Fsp3) is 0.455. The molecule has 1 nitrogen and oxygen atoms in total. The Morgan fingerprint density at radius 1 is 1.43 bits per heavy atom. The third-order valence-corrected chi connectivity index (χ3v) is 2.41. The molecule has 78 valence electrons. The second-order valence-corrected chi connectivity index (χ2v) is 3.67. The smallest absolute Gasteiger partial charge is 0.128 e. The lowest BCUT2D eigenvalue weighted by molar-refractivity contribution is 0.0959. The van der Waals surface area contributed by atoms with Crippen LogP contribution in [0, 0.1) is 11.7 Å². The summed E-state index contributed by atoms with van der Waals surface area (Å²) in [5.74, 6) is 0.659. The van der Waals surface area contributed by atoms with E-state index in [1.165, 1.54) is 6.07 Å². The maximum Gasteiger partial charge on any atom is 0.128 e. The highest BCUT2D eigenvalue weighted by Gasteiger charge is 2.03. The van der Waals surface area contributed by atoms with E-state index in [-0.39, 0.29) is 5.82 Å². The van der Waals surface area contributed by atoms with Crippen molar-refractivity contribution in [2.75, 3.05) is 12.5 Å². The van der Waals surface area contributed by atoms with Crippen LogP contribution in [0.4, 0.5) is 4.39 Å². The van der Waals surface area contributed by atoms with Crippen molar-refractivity contribution < 1.29 is 9.13 Å². The molecule has 0 aliphatic heterocycles. The van der Waals surface area contributed by atoms with Crippen LogP contribution in [0.5, 0.6) is 0 Å². The summed E-state index contributed by atoms with van der Waals surface area (Å²) in [6, 6.07) is 6.62. The standard InChI is InChI=1S/C11H14ClFO/c1-9(6-12)7-14-8-10-4-2-3-5-11(10)13/h2-5,9H,6-8H2,1H3. The predicted molar refractivity (Wildman–Crippen MR) is 55.9 cm³/mol. The van der Waals surface area contributed by atoms with Crippen molar-refractivity contribution >= 4 is 11.6 Å². The first kappa shape index (κ1) is 11.5. The van der Waals surface area contributed by atoms with Crippen LogP contribution in [0.3, 0.4) is 0 Å². The molecule has 0 saturated carbocycles. The summed E-state index contributed by atoms with van der Waals surface area (Å²) in [5.41, 5.74) is 0.592. The Labute approximate surface area is 88.8 Å². The lowest BCUT2D eigenvalue weighted by Gasteiger charge is -2.08. The molecule has 1 atom stereocenters. The highest BCUT2D eigenvalue weighted by atomic mass is 35.5. The molecule has 0 fully saturated rings. The van der Waals surface area contributed by atoms with E-state index in [1.807, 2.05) is 6.92 Å². The first-order chi connectivity index (χ1) is 6.74. The highest BCUT2D eigenvalue weighted by Crippen LogP contribution is 2.08. The van der Waals surface area contributed by atoms with Crippen LogP contribution in [0.15, 0.2) is 24.3 Å². The van der Waals surface area contributed by atoms with Gasteiger partial charge in [-0.05, 0) is 12.0 Å². The fourth-order valence-corrected chi connectivity index (χ4v) is 1.12. The van der Waals surface area contributed by atoms with Crippen LogP contribution in [0.2, 0.25) is 0 Å². The molecule has 0 aromatic heterocycles. The third-order valence-electron chi connectivity index (χ3n) is 1.88. The molecule has 0 aliphatic rings. The number of hydrogen-bond acceptors (Lipinski definition) is 1. The Hall–Kier alpha value is -0.600. The number of rotatable bonds is 5. The second kappa shape index (κ2) is 5.99. The zero-order chi connectivity index (χ0) is 10.4. The van der Waals surface area contributed by atoms with Gasteiger partial charge >= 0.3 is 0 Å². The maximum absolute atomic E-state index is 13.1. The van der Waals surface area contributed by atoms with Gasteiger partial charge in [0.1, 0.15) is 5.82 Å². The molecule has 0 bridgehead atoms. The first-order valence-electron chi connectivity index (χ1n) is 4.61. The van der Waals surface area contributed by atoms with E-state index >= 15 is 0 Å². The molecule has 3 heteroatoms. The summed E-state index contributed by atoms with van der Waals surface area (Å²) < 4.78 is 18.4. The van der Waals surface area contributed by atoms with Gasteiger partial charge in [0.05, 0.1) is 13.2 Å². The summed E-state index contributed by atoms with van der Waals surface area (Å²) in [5, 5.41) is 0. The van der Waals surface area contributed by atoms with Gasteiger partial charge in [-0.15, -0.1) is 11.6 Å². The average molecular weight is 217 g/mol. The predicted octanol–water partition coefficient (Wildman–Crippen LogP) is 3.22. The summed E-state index contributed by atoms with van der Waals surface area (Å²) in [7, 11) is 0. The lowest BCUT2D eigenvalue weighted by atomic mass is 10.2. The fourth-order valence-electron chi connectivity index (χ4n) is 1.03. The third kappa shape index (κ3) is 3.64. The van der Waals surface area contributed by atoms with Crippen molar-refractivity contribution in [2.45, 2.75) is 13.5 Å². The minimum Gasteiger partial charge on any atom is -0.376 e. The summed E-state index contributed by atoms with van der Waals surface area (Å²) in [6.07, 6.45) is 0. The van der Waals surface area contributed by atoms with Crippen LogP contribution < -0.4 is 0 Å². The van der Waals surface area contributed by atoms with Gasteiger partial charge in [0, 0.05) is 11.4 Å². The van der Waals surface area contributed by atoms with Gasteiger partial charge < -0.3 is 4.74 Å². The average Bonchev–Trinajstić information content (AvgIpc) is 2.20. The quantitative estimate of drug-likeness (QED) is 0.687. The van der Waals surface area contributed by atoms with Crippen molar-refractivity contribution in [3.8, 4) is 0 Å². The number of benzene rings is 1. The van der Waals surface area contributed by atoms with E-state index in [9.17, 15) is 4.39 Å². The molecule has 0 N–H and O–H groups in total. The van der Waals surface area contributed by atoms with Crippen molar-refractivity contribution in [1.29, 1.82) is 0 Å². The molecular weight excluding hydrogens is 203 g/mol. The molecule has 14 heavy (non-hydrogen) atoms. The SMILES string of the molecule is CC(CCl)COCc1ccccc1F. The molecule has 0 aliphatic carbocycles. The Balaban J connectivity index is 2.35. The molecule has 1 unspecified atom stereocenters. The molecule has 1 rings (SSSR count). The lowest BCUT2D eigenvalue weighted by Crippen LogP contribution is -2.07. The van der Waals surface area contributed by atoms with Gasteiger partial charge in [0.15, 0.2) is 0 Å². The van der Waals surface area contributed by atoms with E-state index in [4.69, 9.17) is 16.3 Å². The molecule has 0 saturated heterocycles. The largest absolute Gasteiger partial charge is 0.376 e. The Morgan fingerprint density at radius 3 is 2.79 bits per heavy atom. The summed E-state index contributed by atoms with van der Waals surface area (Å²) >= 11 is 5.61. The number of hydrogen-bond donors (Lipinski definition) is 0. The van der Waals surface area contributed by atoms with E-state index in [1.54, 1.807) is 18.2 Å². The molecule has 0 amide bonds. The monoisotopic (exact) mass is 216 g/mol. The van der Waals surface area contributed by atoms with Crippen molar-refractivity contribution in [2.24, 2.45) is 5.92 Å². The highest BCUT2D eigenvalue weighted by molar-refractivity contribution is 6.18. The van der Waals surface area contributed by atoms with Gasteiger partial charge in [-0.2, -0.15) is 0 Å². The first-order valence-corrected chi connectivity index (χ1v) is 5.14. The zero-order valence-corrected chi connectivity index (χ0v) is 8.93. The van der Waals surface area contributed by atoms with Crippen LogP contribution >= 0.6 is 11.6 Å². The number of halogens is 2. The van der Waals surface area contributed by atoms with Crippen LogP contribution in [-0.4, -0.2) is 12.5 Å². The van der Waals surface area contributed by atoms with E-state index < -0.39 is 0 Å². The molecular formula is C11H14ClFO. The van der Waals surface area contributed by atoms with Crippen LogP contribution in [-0.2, 0) is 11.3 Å². The molecule has 1 aromatic rings. The Morgan fingerprint density at radius 2 is 2.14 bits per heavy atom. The molecule has 1 aromatic carbocycles. The minimum absolute atomic E-state index is 0.217. The molecule has 0 radical (unpaired) electrons. The summed E-state index contributed by atoms with van der Waals surface area (Å²) in [4.78, 5) is 0. The van der Waals surface area contributed by atoms with Gasteiger partial charge in [0.25, 0.3) is 0 Å². The van der Waals surface area contributed by atoms with E-state index in [2.05, 4.69) is 0 Å². The van der Waals surface area contributed by atoms with E-state index in [0.717, 1.165) is 0 Å². The van der Waals surface area contributed by atoms with Crippen molar-refractivity contribution in [3.05, 3.63) is 35.6 Å². The maximum atomic E-state index is 13.1. The minimum atomic E-state index is -0.217. The van der Waals surface area contributed by atoms with E-state index in [0.29, 0.717) is 30.6 Å². The topological polar surface area (TPSA) is 9.23 Å². The van der Waals surface area contributed by atoms with Crippen molar-refractivity contribution in [1.82, 2.24) is 0 Å². The van der Waals surface area contributed by atoms with Crippen LogP contribution in [0.25, 0.3) is 0 Å². The van der Waals surface area contributed by atoms with Gasteiger partial charge in [0.2, 0.25) is 0 Å². The van der Waals surface area contributed by atoms with Gasteiger partial charge in [-0.3, -0.25) is 0 Å². The van der Waals surface area contributed by atoms with Crippen molar-refractivity contribution in [3.63, 3.8) is 0 Å². The number of alkyl halides is 1. The molecule has 0 heterocycles. The Bertz CT molecular complexity index is 278. The Kier molecular flexibility index (Phi) is 4.91. The molecule has 0 spiro atoms. The number of ether oxygens (including phenoxy) is 1. The zero-order valence-electron chi connectivity index (χ0n) is 8.17. The van der Waals surface area contributed by atoms with Gasteiger partial charge in [-0.1, -0.05) is 25.1 Å².